The van der Waals surface area contributed by atoms with Crippen LogP contribution in [0.1, 0.15) is 11.1 Å². The average molecular weight is 267 g/mol. The first-order valence-corrected chi connectivity index (χ1v) is 6.16. The third kappa shape index (κ3) is 1.77. The lowest BCUT2D eigenvalue weighted by Gasteiger charge is -2.03. The molecule has 2 rings (SSSR count). The van der Waals surface area contributed by atoms with Crippen molar-refractivity contribution in [3.05, 3.63) is 44.6 Å². The molecule has 1 aromatic heterocycles. The predicted molar refractivity (Wildman–Crippen MR) is 66.9 cm³/mol. The van der Waals surface area contributed by atoms with Gasteiger partial charge in [0.15, 0.2) is 0 Å². The van der Waals surface area contributed by atoms with Crippen molar-refractivity contribution < 1.29 is 0 Å². The minimum absolute atomic E-state index is 1.21. The van der Waals surface area contributed by atoms with Gasteiger partial charge in [-0.15, -0.1) is 11.3 Å². The van der Waals surface area contributed by atoms with E-state index in [1.165, 1.54) is 26.0 Å². The van der Waals surface area contributed by atoms with E-state index in [1.807, 2.05) is 0 Å². The van der Waals surface area contributed by atoms with Gasteiger partial charge in [-0.25, -0.2) is 0 Å². The zero-order valence-electron chi connectivity index (χ0n) is 8.17. The highest BCUT2D eigenvalue weighted by molar-refractivity contribution is 9.11. The van der Waals surface area contributed by atoms with E-state index in [1.54, 1.807) is 11.3 Å². The number of hydrogen-bond donors (Lipinski definition) is 0. The van der Waals surface area contributed by atoms with Crippen LogP contribution in [0.15, 0.2) is 33.4 Å². The predicted octanol–water partition coefficient (Wildman–Crippen LogP) is 4.79. The van der Waals surface area contributed by atoms with Crippen molar-refractivity contribution in [1.29, 1.82) is 0 Å². The highest BCUT2D eigenvalue weighted by Gasteiger charge is 2.04. The molecule has 0 aliphatic carbocycles. The molecular formula is C12H11BrS. The van der Waals surface area contributed by atoms with Gasteiger partial charge in [0, 0.05) is 5.56 Å². The van der Waals surface area contributed by atoms with Crippen molar-refractivity contribution in [3.63, 3.8) is 0 Å². The first-order chi connectivity index (χ1) is 6.68. The lowest BCUT2D eigenvalue weighted by Crippen LogP contribution is -1.82. The number of aryl methyl sites for hydroxylation is 2. The van der Waals surface area contributed by atoms with E-state index in [0.717, 1.165) is 0 Å². The molecule has 0 N–H and O–H groups in total. The van der Waals surface area contributed by atoms with Gasteiger partial charge in [0.05, 0.1) is 3.79 Å². The summed E-state index contributed by atoms with van der Waals surface area (Å²) in [5.74, 6) is 0. The number of halogens is 1. The van der Waals surface area contributed by atoms with Crippen LogP contribution in [0.25, 0.3) is 11.1 Å². The molecular weight excluding hydrogens is 256 g/mol. The second-order valence-corrected chi connectivity index (χ2v) is 5.64. The Balaban J connectivity index is 2.53. The Bertz CT molecular complexity index is 457. The van der Waals surface area contributed by atoms with Gasteiger partial charge in [-0.05, 0) is 57.9 Å². The normalized spacial score (nSPS) is 10.5. The Morgan fingerprint density at radius 1 is 1.07 bits per heavy atom. The molecule has 0 atom stereocenters. The topological polar surface area (TPSA) is 0 Å². The molecule has 0 fully saturated rings. The smallest absolute Gasteiger partial charge is 0.0776 e. The maximum Gasteiger partial charge on any atom is 0.0776 e. The molecule has 0 bridgehead atoms. The summed E-state index contributed by atoms with van der Waals surface area (Å²) in [5.41, 5.74) is 5.28. The van der Waals surface area contributed by atoms with E-state index in [2.05, 4.69) is 59.4 Å². The Hall–Kier alpha value is -0.600. The Morgan fingerprint density at radius 3 is 2.43 bits per heavy atom. The number of hydrogen-bond acceptors (Lipinski definition) is 1. The quantitative estimate of drug-likeness (QED) is 0.696. The maximum atomic E-state index is 3.56. The molecule has 2 heteroatoms. The fourth-order valence-electron chi connectivity index (χ4n) is 1.41. The van der Waals surface area contributed by atoms with Gasteiger partial charge in [0.25, 0.3) is 0 Å². The fraction of sp³-hybridized carbons (Fsp3) is 0.167. The van der Waals surface area contributed by atoms with Crippen molar-refractivity contribution in [3.8, 4) is 11.1 Å². The summed E-state index contributed by atoms with van der Waals surface area (Å²) in [6.45, 7) is 4.29. The first kappa shape index (κ1) is 9.94. The Labute approximate surface area is 96.7 Å². The van der Waals surface area contributed by atoms with Crippen LogP contribution in [-0.4, -0.2) is 0 Å². The van der Waals surface area contributed by atoms with E-state index >= 15 is 0 Å². The summed E-state index contributed by atoms with van der Waals surface area (Å²) in [6, 6.07) is 8.74. The van der Waals surface area contributed by atoms with Gasteiger partial charge in [-0.1, -0.05) is 18.2 Å². The summed E-state index contributed by atoms with van der Waals surface area (Å²) in [7, 11) is 0. The highest BCUT2D eigenvalue weighted by atomic mass is 79.9. The SMILES string of the molecule is Cc1ccc(-c2ccsc2Br)cc1C. The fourth-order valence-corrected chi connectivity index (χ4v) is 2.73. The number of benzene rings is 1. The second-order valence-electron chi connectivity index (χ2n) is 3.41. The van der Waals surface area contributed by atoms with Crippen LogP contribution in [0.3, 0.4) is 0 Å². The monoisotopic (exact) mass is 266 g/mol. The average Bonchev–Trinajstić information content (AvgIpc) is 2.57. The molecule has 0 spiro atoms. The molecule has 0 radical (unpaired) electrons. The van der Waals surface area contributed by atoms with Crippen LogP contribution in [0.5, 0.6) is 0 Å². The van der Waals surface area contributed by atoms with Gasteiger partial charge in [0.1, 0.15) is 0 Å². The van der Waals surface area contributed by atoms with Crippen molar-refractivity contribution in [2.45, 2.75) is 13.8 Å². The Morgan fingerprint density at radius 2 is 1.86 bits per heavy atom. The van der Waals surface area contributed by atoms with Gasteiger partial charge < -0.3 is 0 Å². The third-order valence-corrected chi connectivity index (χ3v) is 4.12. The van der Waals surface area contributed by atoms with Crippen LogP contribution in [0, 0.1) is 13.8 Å². The van der Waals surface area contributed by atoms with Crippen molar-refractivity contribution in [1.82, 2.24) is 0 Å². The summed E-state index contributed by atoms with van der Waals surface area (Å²) in [5, 5.41) is 2.11. The first-order valence-electron chi connectivity index (χ1n) is 4.49. The summed E-state index contributed by atoms with van der Waals surface area (Å²) < 4.78 is 1.21. The molecule has 0 saturated heterocycles. The minimum Gasteiger partial charge on any atom is -0.136 e. The molecule has 2 aromatic rings. The van der Waals surface area contributed by atoms with Crippen LogP contribution >= 0.6 is 27.3 Å². The molecule has 0 nitrogen and oxygen atoms in total. The van der Waals surface area contributed by atoms with Gasteiger partial charge in [-0.3, -0.25) is 0 Å². The third-order valence-electron chi connectivity index (χ3n) is 2.44. The van der Waals surface area contributed by atoms with Crippen molar-refractivity contribution in [2.24, 2.45) is 0 Å². The van der Waals surface area contributed by atoms with Crippen LogP contribution < -0.4 is 0 Å². The minimum atomic E-state index is 1.21. The van der Waals surface area contributed by atoms with E-state index < -0.39 is 0 Å². The molecule has 0 aliphatic rings. The number of rotatable bonds is 1. The van der Waals surface area contributed by atoms with Gasteiger partial charge >= 0.3 is 0 Å². The van der Waals surface area contributed by atoms with E-state index in [4.69, 9.17) is 0 Å². The molecule has 0 amide bonds. The zero-order valence-corrected chi connectivity index (χ0v) is 10.6. The lowest BCUT2D eigenvalue weighted by atomic mass is 10.0. The Kier molecular flexibility index (Phi) is 2.75. The highest BCUT2D eigenvalue weighted by Crippen LogP contribution is 2.33. The van der Waals surface area contributed by atoms with E-state index in [-0.39, 0.29) is 0 Å². The van der Waals surface area contributed by atoms with Gasteiger partial charge in [-0.2, -0.15) is 0 Å². The summed E-state index contributed by atoms with van der Waals surface area (Å²) >= 11 is 5.29. The summed E-state index contributed by atoms with van der Waals surface area (Å²) in [4.78, 5) is 0. The molecule has 0 aliphatic heterocycles. The maximum absolute atomic E-state index is 3.56. The molecule has 72 valence electrons. The molecule has 0 unspecified atom stereocenters. The second kappa shape index (κ2) is 3.87. The van der Waals surface area contributed by atoms with Crippen LogP contribution in [0.4, 0.5) is 0 Å². The lowest BCUT2D eigenvalue weighted by molar-refractivity contribution is 1.34. The van der Waals surface area contributed by atoms with Gasteiger partial charge in [0.2, 0.25) is 0 Å². The molecule has 1 heterocycles. The molecule has 0 saturated carbocycles. The van der Waals surface area contributed by atoms with Crippen molar-refractivity contribution in [2.75, 3.05) is 0 Å². The van der Waals surface area contributed by atoms with E-state index in [0.29, 0.717) is 0 Å². The summed E-state index contributed by atoms with van der Waals surface area (Å²) in [6.07, 6.45) is 0. The largest absolute Gasteiger partial charge is 0.136 e. The van der Waals surface area contributed by atoms with Crippen LogP contribution in [0.2, 0.25) is 0 Å². The number of thiophene rings is 1. The van der Waals surface area contributed by atoms with E-state index in [9.17, 15) is 0 Å². The standard InChI is InChI=1S/C12H11BrS/c1-8-3-4-10(7-9(8)2)11-5-6-14-12(11)13/h3-7H,1-2H3. The zero-order chi connectivity index (χ0) is 10.1. The van der Waals surface area contributed by atoms with Crippen LogP contribution in [-0.2, 0) is 0 Å². The molecule has 14 heavy (non-hydrogen) atoms. The van der Waals surface area contributed by atoms with Crippen molar-refractivity contribution >= 4 is 27.3 Å². The molecule has 1 aromatic carbocycles.